The Morgan fingerprint density at radius 2 is 2.14 bits per heavy atom. The van der Waals surface area contributed by atoms with Crippen molar-refractivity contribution in [3.05, 3.63) is 0 Å². The van der Waals surface area contributed by atoms with Gasteiger partial charge in [-0.15, -0.1) is 23.2 Å². The van der Waals surface area contributed by atoms with Crippen molar-refractivity contribution in [2.45, 2.75) is 11.3 Å². The number of hydrogen-bond acceptors (Lipinski definition) is 1. The lowest BCUT2D eigenvalue weighted by molar-refractivity contribution is 0.598. The molecular weight excluding hydrogens is 154 g/mol. The van der Waals surface area contributed by atoms with Crippen LogP contribution in [0.4, 0.5) is 0 Å². The lowest BCUT2D eigenvalue weighted by Crippen LogP contribution is -1.84. The monoisotopic (exact) mass is 159 g/mol. The van der Waals surface area contributed by atoms with Gasteiger partial charge in [-0.05, 0) is 0 Å². The minimum absolute atomic E-state index is 0.268. The summed E-state index contributed by atoms with van der Waals surface area (Å²) in [7, 11) is -0.268. The second-order valence-corrected chi connectivity index (χ2v) is 3.14. The predicted octanol–water partition coefficient (Wildman–Crippen LogP) is 2.20. The number of hydrogen-bond donors (Lipinski definition) is 0. The molecule has 0 aromatic heterocycles. The van der Waals surface area contributed by atoms with Gasteiger partial charge in [0, 0.05) is 6.42 Å². The largest absolute Gasteiger partial charge is 0.324 e. The summed E-state index contributed by atoms with van der Waals surface area (Å²) in [5, 5.41) is 0. The molecule has 0 saturated carbocycles. The molecule has 0 saturated heterocycles. The van der Waals surface area contributed by atoms with E-state index in [-0.39, 0.29) is 13.3 Å². The fraction of sp³-hybridized carbons (Fsp3) is 1.00. The van der Waals surface area contributed by atoms with Crippen LogP contribution in [-0.2, 0) is 4.57 Å². The van der Waals surface area contributed by atoms with Crippen LogP contribution < -0.4 is 0 Å². The fourth-order valence-electron chi connectivity index (χ4n) is 0.168. The molecule has 0 aliphatic carbocycles. The highest BCUT2D eigenvalue weighted by atomic mass is 35.5. The molecule has 1 unspecified atom stereocenters. The van der Waals surface area contributed by atoms with Gasteiger partial charge >= 0.3 is 8.46 Å². The second kappa shape index (κ2) is 4.83. The molecule has 0 aromatic carbocycles. The van der Waals surface area contributed by atoms with Gasteiger partial charge in [0.25, 0.3) is 0 Å². The highest BCUT2D eigenvalue weighted by Gasteiger charge is 1.99. The third-order valence-corrected chi connectivity index (χ3v) is 1.39. The molecule has 0 radical (unpaired) electrons. The molecule has 0 rings (SSSR count). The van der Waals surface area contributed by atoms with Gasteiger partial charge in [-0.25, -0.2) is 0 Å². The van der Waals surface area contributed by atoms with Gasteiger partial charge in [0.1, 0.15) is 11.0 Å². The average Bonchev–Trinajstić information content (AvgIpc) is 1.61. The van der Waals surface area contributed by atoms with Crippen LogP contribution >= 0.6 is 31.7 Å². The van der Waals surface area contributed by atoms with Gasteiger partial charge in [0.05, 0.1) is 0 Å². The van der Waals surface area contributed by atoms with E-state index < -0.39 is 0 Å². The van der Waals surface area contributed by atoms with E-state index in [1.54, 1.807) is 0 Å². The zero-order valence-corrected chi connectivity index (χ0v) is 6.17. The minimum atomic E-state index is -0.346. The van der Waals surface area contributed by atoms with Crippen molar-refractivity contribution in [3.8, 4) is 0 Å². The predicted molar refractivity (Wildman–Crippen MR) is 34.0 cm³/mol. The van der Waals surface area contributed by atoms with Crippen LogP contribution in [0.2, 0.25) is 0 Å². The maximum absolute atomic E-state index is 9.74. The Balaban J connectivity index is 2.81. The van der Waals surface area contributed by atoms with Crippen molar-refractivity contribution in [1.29, 1.82) is 0 Å². The Bertz CT molecular complexity index is 56.9. The molecule has 7 heavy (non-hydrogen) atoms. The highest BCUT2D eigenvalue weighted by molar-refractivity contribution is 7.23. The third kappa shape index (κ3) is 6.68. The molecule has 0 heterocycles. The first-order valence-corrected chi connectivity index (χ1v) is 3.89. The maximum Gasteiger partial charge on any atom is 0.324 e. The van der Waals surface area contributed by atoms with Gasteiger partial charge in [0.2, 0.25) is 0 Å². The zero-order chi connectivity index (χ0) is 5.70. The summed E-state index contributed by atoms with van der Waals surface area (Å²) >= 11 is 10.6. The van der Waals surface area contributed by atoms with E-state index in [0.29, 0.717) is 12.6 Å². The molecule has 0 aliphatic rings. The lowest BCUT2D eigenvalue weighted by atomic mass is 10.6. The summed E-state index contributed by atoms with van der Waals surface area (Å²) in [5.74, 6) is 0. The van der Waals surface area contributed by atoms with Crippen molar-refractivity contribution in [1.82, 2.24) is 0 Å². The molecule has 0 aliphatic heterocycles. The Kier molecular flexibility index (Phi) is 5.30. The molecule has 42 valence electrons. The van der Waals surface area contributed by atoms with Crippen LogP contribution in [0.25, 0.3) is 0 Å². The first-order valence-electron chi connectivity index (χ1n) is 1.90. The summed E-state index contributed by atoms with van der Waals surface area (Å²) in [6.07, 6.45) is 1.24. The molecule has 0 fully saturated rings. The molecule has 0 N–H and O–H groups in total. The first kappa shape index (κ1) is 7.68. The SMILES string of the molecule is O=[PH+]CCC(Cl)Cl. The first-order chi connectivity index (χ1) is 3.27. The van der Waals surface area contributed by atoms with Crippen molar-refractivity contribution >= 4 is 31.7 Å². The summed E-state index contributed by atoms with van der Waals surface area (Å²) in [4.78, 5) is -0.346. The van der Waals surface area contributed by atoms with Gasteiger partial charge < -0.3 is 0 Å². The second-order valence-electron chi connectivity index (χ2n) is 1.07. The summed E-state index contributed by atoms with van der Waals surface area (Å²) < 4.78 is 9.74. The number of rotatable bonds is 3. The standard InChI is InChI=1S/C3H5Cl2OP/c4-3(5)1-2-7-6/h3H,1-2H2/p+1. The molecule has 0 spiro atoms. The van der Waals surface area contributed by atoms with Crippen molar-refractivity contribution in [2.24, 2.45) is 0 Å². The molecule has 1 atom stereocenters. The highest BCUT2D eigenvalue weighted by Crippen LogP contribution is 2.09. The van der Waals surface area contributed by atoms with Gasteiger partial charge in [0.15, 0.2) is 0 Å². The normalized spacial score (nSPS) is 10.7. The van der Waals surface area contributed by atoms with Crippen LogP contribution in [0.3, 0.4) is 0 Å². The van der Waals surface area contributed by atoms with Crippen molar-refractivity contribution < 1.29 is 4.57 Å². The van der Waals surface area contributed by atoms with Crippen LogP contribution in [0, 0.1) is 0 Å². The molecule has 0 aromatic rings. The van der Waals surface area contributed by atoms with E-state index >= 15 is 0 Å². The molecule has 0 bridgehead atoms. The topological polar surface area (TPSA) is 17.1 Å². The average molecular weight is 160 g/mol. The maximum atomic E-state index is 9.74. The minimum Gasteiger partial charge on any atom is -0.105 e. The Hall–Kier alpha value is 0.680. The van der Waals surface area contributed by atoms with Crippen molar-refractivity contribution in [2.75, 3.05) is 6.16 Å². The van der Waals surface area contributed by atoms with E-state index in [4.69, 9.17) is 23.2 Å². The third-order valence-electron chi connectivity index (χ3n) is 0.465. The summed E-state index contributed by atoms with van der Waals surface area (Å²) in [6.45, 7) is 0. The van der Waals surface area contributed by atoms with E-state index in [2.05, 4.69) is 0 Å². The quantitative estimate of drug-likeness (QED) is 0.456. The molecular formula is C3H6Cl2OP+. The number of alkyl halides is 2. The van der Waals surface area contributed by atoms with Crippen LogP contribution in [0.5, 0.6) is 0 Å². The number of halogens is 2. The molecule has 4 heteroatoms. The Morgan fingerprint density at radius 1 is 1.57 bits per heavy atom. The Morgan fingerprint density at radius 3 is 2.29 bits per heavy atom. The summed E-state index contributed by atoms with van der Waals surface area (Å²) in [6, 6.07) is 0. The van der Waals surface area contributed by atoms with E-state index in [1.165, 1.54) is 0 Å². The van der Waals surface area contributed by atoms with Gasteiger partial charge in [-0.1, -0.05) is 4.57 Å². The lowest BCUT2D eigenvalue weighted by Gasteiger charge is -1.86. The van der Waals surface area contributed by atoms with E-state index in [1.807, 2.05) is 0 Å². The van der Waals surface area contributed by atoms with Gasteiger partial charge in [-0.2, -0.15) is 0 Å². The van der Waals surface area contributed by atoms with Crippen LogP contribution in [-0.4, -0.2) is 11.0 Å². The fourth-order valence-corrected chi connectivity index (χ4v) is 1.16. The molecule has 0 amide bonds. The van der Waals surface area contributed by atoms with E-state index in [9.17, 15) is 4.57 Å². The van der Waals surface area contributed by atoms with Gasteiger partial charge in [-0.3, -0.25) is 0 Å². The van der Waals surface area contributed by atoms with Crippen LogP contribution in [0.15, 0.2) is 0 Å². The van der Waals surface area contributed by atoms with Crippen LogP contribution in [0.1, 0.15) is 6.42 Å². The molecule has 1 nitrogen and oxygen atoms in total. The van der Waals surface area contributed by atoms with Crippen molar-refractivity contribution in [3.63, 3.8) is 0 Å². The Labute approximate surface area is 54.2 Å². The zero-order valence-electron chi connectivity index (χ0n) is 3.66. The summed E-state index contributed by atoms with van der Waals surface area (Å²) in [5.41, 5.74) is 0. The smallest absolute Gasteiger partial charge is 0.105 e. The van der Waals surface area contributed by atoms with E-state index in [0.717, 1.165) is 0 Å².